The summed E-state index contributed by atoms with van der Waals surface area (Å²) in [6.45, 7) is 3.85. The van der Waals surface area contributed by atoms with Crippen molar-refractivity contribution in [3.63, 3.8) is 0 Å². The van der Waals surface area contributed by atoms with Crippen LogP contribution in [0, 0.1) is 0 Å². The lowest BCUT2D eigenvalue weighted by atomic mass is 9.95. The Hall–Kier alpha value is -2.96. The molecular weight excluding hydrogens is 522 g/mol. The average molecular weight is 556 g/mol. The van der Waals surface area contributed by atoms with Crippen LogP contribution in [0.25, 0.3) is 10.7 Å². The Balaban J connectivity index is 1.17. The highest BCUT2D eigenvalue weighted by molar-refractivity contribution is 7.14. The second-order valence-electron chi connectivity index (χ2n) is 10.4. The van der Waals surface area contributed by atoms with Gasteiger partial charge in [-0.2, -0.15) is 0 Å². The number of aromatic nitrogens is 2. The third-order valence-corrected chi connectivity index (χ3v) is 8.74. The predicted molar refractivity (Wildman–Crippen MR) is 148 cm³/mol. The molecule has 3 aliphatic rings. The van der Waals surface area contributed by atoms with Crippen molar-refractivity contribution in [3.05, 3.63) is 32.6 Å². The van der Waals surface area contributed by atoms with Crippen molar-refractivity contribution in [2.75, 3.05) is 27.2 Å². The van der Waals surface area contributed by atoms with Crippen LogP contribution in [0.2, 0.25) is 0 Å². The number of hydrogen-bond acceptors (Lipinski definition) is 9. The Bertz CT molecular complexity index is 1310. The van der Waals surface area contributed by atoms with E-state index < -0.39 is 0 Å². The third kappa shape index (κ3) is 5.87. The monoisotopic (exact) mass is 555 g/mol. The molecule has 10 nitrogen and oxygen atoms in total. The number of hydrogen-bond donors (Lipinski definition) is 3. The summed E-state index contributed by atoms with van der Waals surface area (Å²) in [7, 11) is 4.00. The zero-order valence-corrected chi connectivity index (χ0v) is 23.6. The van der Waals surface area contributed by atoms with Crippen LogP contribution in [0.3, 0.4) is 0 Å². The Labute approximate surface area is 230 Å². The van der Waals surface area contributed by atoms with Crippen LogP contribution in [0.1, 0.15) is 60.9 Å². The number of thiazole rings is 2. The van der Waals surface area contributed by atoms with E-state index in [0.717, 1.165) is 54.9 Å². The first-order valence-corrected chi connectivity index (χ1v) is 14.7. The fourth-order valence-electron chi connectivity index (χ4n) is 4.85. The first-order chi connectivity index (χ1) is 18.2. The fraction of sp³-hybridized carbons (Fsp3) is 0.538. The number of nitrogens with one attached hydrogen (secondary N) is 3. The van der Waals surface area contributed by atoms with E-state index in [1.165, 1.54) is 22.7 Å². The largest absolute Gasteiger partial charge is 0.351 e. The summed E-state index contributed by atoms with van der Waals surface area (Å²) in [5.41, 5.74) is 3.10. The average Bonchev–Trinajstić information content (AvgIpc) is 3.30. The van der Waals surface area contributed by atoms with Crippen LogP contribution in [0.15, 0.2) is 26.9 Å². The smallest absolute Gasteiger partial charge is 0.270 e. The Morgan fingerprint density at radius 3 is 2.71 bits per heavy atom. The van der Waals surface area contributed by atoms with E-state index in [0.29, 0.717) is 35.1 Å². The molecule has 12 heteroatoms. The van der Waals surface area contributed by atoms with Gasteiger partial charge in [-0.05, 0) is 65.2 Å². The molecule has 0 unspecified atom stereocenters. The van der Waals surface area contributed by atoms with Crippen molar-refractivity contribution in [2.45, 2.75) is 63.6 Å². The van der Waals surface area contributed by atoms with Gasteiger partial charge in [0.15, 0.2) is 0 Å². The fourth-order valence-corrected chi connectivity index (χ4v) is 6.40. The maximum Gasteiger partial charge on any atom is 0.270 e. The normalized spacial score (nSPS) is 19.7. The molecule has 1 spiro atoms. The summed E-state index contributed by atoms with van der Waals surface area (Å²) < 4.78 is 0. The molecule has 202 valence electrons. The molecule has 0 radical (unpaired) electrons. The highest BCUT2D eigenvalue weighted by Crippen LogP contribution is 2.49. The van der Waals surface area contributed by atoms with E-state index in [2.05, 4.69) is 42.7 Å². The van der Waals surface area contributed by atoms with E-state index in [-0.39, 0.29) is 35.7 Å². The number of nitrogens with zero attached hydrogens (tertiary/aromatic N) is 4. The Morgan fingerprint density at radius 2 is 2.00 bits per heavy atom. The lowest BCUT2D eigenvalue weighted by Gasteiger charge is -2.13. The van der Waals surface area contributed by atoms with Crippen molar-refractivity contribution in [3.8, 4) is 10.7 Å². The molecule has 3 amide bonds. The topological polar surface area (TPSA) is 129 Å². The molecule has 1 atom stereocenters. The zero-order chi connectivity index (χ0) is 26.9. The number of aliphatic imine (C=N–C) groups is 1. The lowest BCUT2D eigenvalue weighted by molar-refractivity contribution is -0.120. The van der Waals surface area contributed by atoms with Crippen LogP contribution in [-0.2, 0) is 16.1 Å². The van der Waals surface area contributed by atoms with Gasteiger partial charge in [0.2, 0.25) is 5.91 Å². The Kier molecular flexibility index (Phi) is 7.73. The third-order valence-electron chi connectivity index (χ3n) is 7.02. The molecule has 5 rings (SSSR count). The number of carbonyl (C=O) groups excluding carboxylic acids is 3. The first-order valence-electron chi connectivity index (χ1n) is 13.0. The van der Waals surface area contributed by atoms with Crippen LogP contribution < -0.4 is 16.0 Å². The number of amides is 3. The maximum absolute atomic E-state index is 12.9. The van der Waals surface area contributed by atoms with E-state index in [9.17, 15) is 14.4 Å². The minimum absolute atomic E-state index is 0.0900. The zero-order valence-electron chi connectivity index (χ0n) is 21.9. The summed E-state index contributed by atoms with van der Waals surface area (Å²) in [6, 6.07) is 0.214. The molecule has 3 N–H and O–H groups in total. The molecule has 38 heavy (non-hydrogen) atoms. The van der Waals surface area contributed by atoms with Crippen LogP contribution in [0.4, 0.5) is 0 Å². The van der Waals surface area contributed by atoms with Crippen molar-refractivity contribution in [2.24, 2.45) is 4.99 Å². The van der Waals surface area contributed by atoms with Crippen molar-refractivity contribution in [1.29, 1.82) is 0 Å². The van der Waals surface area contributed by atoms with Crippen LogP contribution in [-0.4, -0.2) is 77.1 Å². The van der Waals surface area contributed by atoms with Crippen LogP contribution >= 0.6 is 22.7 Å². The molecule has 2 aromatic heterocycles. The highest BCUT2D eigenvalue weighted by atomic mass is 32.1. The molecule has 2 aromatic rings. The molecule has 0 saturated heterocycles. The van der Waals surface area contributed by atoms with Gasteiger partial charge in [-0.15, -0.1) is 22.7 Å². The molecule has 0 aromatic carbocycles. The summed E-state index contributed by atoms with van der Waals surface area (Å²) >= 11 is 2.81. The van der Waals surface area contributed by atoms with E-state index >= 15 is 0 Å². The molecule has 1 fully saturated rings. The Morgan fingerprint density at radius 1 is 1.18 bits per heavy atom. The van der Waals surface area contributed by atoms with Gasteiger partial charge in [-0.1, -0.05) is 0 Å². The standard InChI is InChI=1S/C26H33N7O3S2/c1-15-5-6-17(29-15)22-16(26(7-8-26)32-24(22)36)11-20(34)28-12-21-30-19(14-37-21)25-31-18(13-38-25)23(35)27-9-4-10-33(2)3/h13-15H,4-12H2,1-3H3,(H,27,35)(H,28,34)(H,32,36)/t15-/m0/s1. The van der Waals surface area contributed by atoms with Gasteiger partial charge in [0.25, 0.3) is 11.8 Å². The molecule has 0 bridgehead atoms. The highest BCUT2D eigenvalue weighted by Gasteiger charge is 2.54. The van der Waals surface area contributed by atoms with E-state index in [1.807, 2.05) is 19.5 Å². The first kappa shape index (κ1) is 26.6. The second-order valence-corrected chi connectivity index (χ2v) is 12.2. The molecular formula is C26H33N7O3S2. The molecule has 4 heterocycles. The van der Waals surface area contributed by atoms with Crippen molar-refractivity contribution in [1.82, 2.24) is 30.8 Å². The SMILES string of the molecule is C[C@H]1CCC(C2=C(CC(=O)NCc3nc(-c4nc(C(=O)NCCCN(C)C)cs4)cs3)C3(CC3)NC2=O)=N1. The summed E-state index contributed by atoms with van der Waals surface area (Å²) in [4.78, 5) is 53.8. The van der Waals surface area contributed by atoms with Gasteiger partial charge in [0.05, 0.1) is 24.1 Å². The minimum Gasteiger partial charge on any atom is -0.351 e. The van der Waals surface area contributed by atoms with Gasteiger partial charge in [0.1, 0.15) is 21.4 Å². The van der Waals surface area contributed by atoms with Gasteiger partial charge in [0, 0.05) is 29.1 Å². The van der Waals surface area contributed by atoms with E-state index in [4.69, 9.17) is 0 Å². The number of carbonyl (C=O) groups is 3. The summed E-state index contributed by atoms with van der Waals surface area (Å²) in [5.74, 6) is -0.409. The van der Waals surface area contributed by atoms with Crippen LogP contribution in [0.5, 0.6) is 0 Å². The molecule has 1 saturated carbocycles. The van der Waals surface area contributed by atoms with Gasteiger partial charge in [-0.25, -0.2) is 9.97 Å². The van der Waals surface area contributed by atoms with E-state index in [1.54, 1.807) is 5.38 Å². The van der Waals surface area contributed by atoms with Gasteiger partial charge in [-0.3, -0.25) is 19.4 Å². The van der Waals surface area contributed by atoms with Crippen molar-refractivity contribution >= 4 is 46.1 Å². The molecule has 1 aliphatic carbocycles. The van der Waals surface area contributed by atoms with Gasteiger partial charge >= 0.3 is 0 Å². The minimum atomic E-state index is -0.354. The summed E-state index contributed by atoms with van der Waals surface area (Å²) in [6.07, 6.45) is 4.51. The maximum atomic E-state index is 12.9. The predicted octanol–water partition coefficient (Wildman–Crippen LogP) is 2.54. The van der Waals surface area contributed by atoms with Crippen molar-refractivity contribution < 1.29 is 14.4 Å². The second kappa shape index (κ2) is 11.0. The molecule has 2 aliphatic heterocycles. The quantitative estimate of drug-likeness (QED) is 0.366. The summed E-state index contributed by atoms with van der Waals surface area (Å²) in [5, 5.41) is 14.0. The van der Waals surface area contributed by atoms with Gasteiger partial charge < -0.3 is 20.9 Å². The number of rotatable bonds is 11. The lowest BCUT2D eigenvalue weighted by Crippen LogP contribution is -2.32.